The molecule has 0 atom stereocenters. The second kappa shape index (κ2) is 8.09. The first-order chi connectivity index (χ1) is 11.3. The quantitative estimate of drug-likeness (QED) is 0.645. The van der Waals surface area contributed by atoms with E-state index in [9.17, 15) is 0 Å². The van der Waals surface area contributed by atoms with E-state index >= 15 is 0 Å². The summed E-state index contributed by atoms with van der Waals surface area (Å²) >= 11 is 8.07. The van der Waals surface area contributed by atoms with Crippen LogP contribution in [0.25, 0.3) is 0 Å². The van der Waals surface area contributed by atoms with E-state index in [1.54, 1.807) is 0 Å². The van der Waals surface area contributed by atoms with Crippen LogP contribution in [0.15, 0.2) is 52.3 Å². The van der Waals surface area contributed by atoms with Gasteiger partial charge in [0.25, 0.3) is 0 Å². The number of fused-ring (bicyclic) bond motifs is 2. The van der Waals surface area contributed by atoms with Gasteiger partial charge in [0.15, 0.2) is 0 Å². The van der Waals surface area contributed by atoms with Crippen LogP contribution in [0, 0.1) is 0 Å². The molecule has 2 aromatic carbocycles. The monoisotopic (exact) mass is 346 g/mol. The number of para-hydroxylation sites is 1. The van der Waals surface area contributed by atoms with Crippen LogP contribution in [-0.4, -0.2) is 19.6 Å². The van der Waals surface area contributed by atoms with Crippen molar-refractivity contribution in [2.45, 2.75) is 36.0 Å². The van der Waals surface area contributed by atoms with Crippen LogP contribution in [0.1, 0.15) is 26.2 Å². The number of rotatable bonds is 7. The highest BCUT2D eigenvalue weighted by molar-refractivity contribution is 7.99. The van der Waals surface area contributed by atoms with E-state index in [1.165, 1.54) is 34.0 Å². The Kier molecular flexibility index (Phi) is 5.87. The molecular formula is C19H23ClN2S. The molecule has 0 aromatic heterocycles. The van der Waals surface area contributed by atoms with Crippen molar-refractivity contribution in [3.05, 3.63) is 47.5 Å². The fourth-order valence-corrected chi connectivity index (χ4v) is 4.07. The second-order valence-electron chi connectivity index (χ2n) is 5.79. The fourth-order valence-electron chi connectivity index (χ4n) is 2.83. The highest BCUT2D eigenvalue weighted by Crippen LogP contribution is 2.48. The number of hydrogen-bond acceptors (Lipinski definition) is 3. The zero-order valence-electron chi connectivity index (χ0n) is 13.5. The van der Waals surface area contributed by atoms with E-state index in [2.05, 4.69) is 53.5 Å². The zero-order valence-corrected chi connectivity index (χ0v) is 15.1. The highest BCUT2D eigenvalue weighted by Gasteiger charge is 2.22. The predicted molar refractivity (Wildman–Crippen MR) is 101 cm³/mol. The molecule has 0 spiro atoms. The van der Waals surface area contributed by atoms with Crippen LogP contribution in [0.5, 0.6) is 0 Å². The Labute approximate surface area is 148 Å². The van der Waals surface area contributed by atoms with Crippen molar-refractivity contribution >= 4 is 34.7 Å². The lowest BCUT2D eigenvalue weighted by molar-refractivity contribution is 0.617. The van der Waals surface area contributed by atoms with Crippen molar-refractivity contribution in [1.82, 2.24) is 5.32 Å². The van der Waals surface area contributed by atoms with Crippen molar-refractivity contribution in [2.24, 2.45) is 0 Å². The third-order valence-electron chi connectivity index (χ3n) is 4.03. The summed E-state index contributed by atoms with van der Waals surface area (Å²) in [4.78, 5) is 5.02. The molecule has 0 amide bonds. The van der Waals surface area contributed by atoms with Gasteiger partial charge in [-0.2, -0.15) is 0 Å². The molecule has 1 aliphatic rings. The van der Waals surface area contributed by atoms with Crippen LogP contribution >= 0.6 is 23.4 Å². The standard InChI is InChI=1S/C19H23ClN2S/c1-2-3-11-21-12-6-13-22-16-7-4-5-8-18(16)23-19-10-9-15(20)14-17(19)22/h4-5,7-10,14,21H,2-3,6,11-13H2,1H3. The summed E-state index contributed by atoms with van der Waals surface area (Å²) in [7, 11) is 0. The third-order valence-corrected chi connectivity index (χ3v) is 5.40. The number of nitrogens with one attached hydrogen (secondary N) is 1. The minimum Gasteiger partial charge on any atom is -0.340 e. The summed E-state index contributed by atoms with van der Waals surface area (Å²) in [6.45, 7) is 5.40. The average molecular weight is 347 g/mol. The van der Waals surface area contributed by atoms with Gasteiger partial charge >= 0.3 is 0 Å². The summed E-state index contributed by atoms with van der Waals surface area (Å²) in [5.74, 6) is 0. The van der Waals surface area contributed by atoms with Gasteiger partial charge in [-0.1, -0.05) is 48.8 Å². The number of hydrogen-bond donors (Lipinski definition) is 1. The van der Waals surface area contributed by atoms with Crippen molar-refractivity contribution in [3.8, 4) is 0 Å². The van der Waals surface area contributed by atoms with E-state index in [1.807, 2.05) is 17.8 Å². The first-order valence-corrected chi connectivity index (χ1v) is 9.53. The molecule has 0 unspecified atom stereocenters. The number of unbranched alkanes of at least 4 members (excludes halogenated alkanes) is 1. The van der Waals surface area contributed by atoms with Crippen LogP contribution in [0.3, 0.4) is 0 Å². The van der Waals surface area contributed by atoms with Gasteiger partial charge in [0.2, 0.25) is 0 Å². The number of benzene rings is 2. The molecular weight excluding hydrogens is 324 g/mol. The van der Waals surface area contributed by atoms with E-state index in [-0.39, 0.29) is 0 Å². The topological polar surface area (TPSA) is 15.3 Å². The molecule has 1 aliphatic heterocycles. The molecule has 0 bridgehead atoms. The Balaban J connectivity index is 1.74. The molecule has 1 N–H and O–H groups in total. The Bertz CT molecular complexity index is 660. The summed E-state index contributed by atoms with van der Waals surface area (Å²) in [6.07, 6.45) is 3.62. The predicted octanol–water partition coefficient (Wildman–Crippen LogP) is 5.72. The van der Waals surface area contributed by atoms with E-state index in [4.69, 9.17) is 11.6 Å². The molecule has 122 valence electrons. The second-order valence-corrected chi connectivity index (χ2v) is 7.31. The Hall–Kier alpha value is -1.16. The maximum Gasteiger partial charge on any atom is 0.0567 e. The Morgan fingerprint density at radius 3 is 2.65 bits per heavy atom. The third kappa shape index (κ3) is 4.03. The zero-order chi connectivity index (χ0) is 16.1. The van der Waals surface area contributed by atoms with Crippen LogP contribution in [0.2, 0.25) is 5.02 Å². The molecule has 0 aliphatic carbocycles. The minimum atomic E-state index is 0.801. The first-order valence-electron chi connectivity index (χ1n) is 8.34. The van der Waals surface area contributed by atoms with Gasteiger partial charge in [-0.15, -0.1) is 0 Å². The molecule has 23 heavy (non-hydrogen) atoms. The van der Waals surface area contributed by atoms with Crippen molar-refractivity contribution < 1.29 is 0 Å². The van der Waals surface area contributed by atoms with Crippen LogP contribution in [0.4, 0.5) is 11.4 Å². The molecule has 0 radical (unpaired) electrons. The van der Waals surface area contributed by atoms with Crippen LogP contribution in [-0.2, 0) is 0 Å². The van der Waals surface area contributed by atoms with Crippen molar-refractivity contribution in [3.63, 3.8) is 0 Å². The fraction of sp³-hybridized carbons (Fsp3) is 0.368. The summed E-state index contributed by atoms with van der Waals surface area (Å²) in [5, 5.41) is 4.33. The van der Waals surface area contributed by atoms with Gasteiger partial charge < -0.3 is 10.2 Å². The molecule has 0 saturated heterocycles. The van der Waals surface area contributed by atoms with Gasteiger partial charge in [-0.3, -0.25) is 0 Å². The lowest BCUT2D eigenvalue weighted by Crippen LogP contribution is -2.26. The van der Waals surface area contributed by atoms with Gasteiger partial charge in [0, 0.05) is 21.4 Å². The molecule has 4 heteroatoms. The minimum absolute atomic E-state index is 0.801. The van der Waals surface area contributed by atoms with Gasteiger partial charge in [-0.05, 0) is 56.3 Å². The molecule has 1 heterocycles. The molecule has 2 aromatic rings. The van der Waals surface area contributed by atoms with E-state index in [0.717, 1.165) is 31.1 Å². The maximum atomic E-state index is 6.24. The number of nitrogens with zero attached hydrogens (tertiary/aromatic N) is 1. The molecule has 3 rings (SSSR count). The van der Waals surface area contributed by atoms with Gasteiger partial charge in [0.1, 0.15) is 0 Å². The normalized spacial score (nSPS) is 12.9. The highest BCUT2D eigenvalue weighted by atomic mass is 35.5. The average Bonchev–Trinajstić information content (AvgIpc) is 2.57. The SMILES string of the molecule is CCCCNCCCN1c2ccccc2Sc2ccc(Cl)cc21. The number of halogens is 1. The molecule has 0 fully saturated rings. The summed E-state index contributed by atoms with van der Waals surface area (Å²) in [6, 6.07) is 14.8. The van der Waals surface area contributed by atoms with Crippen molar-refractivity contribution in [2.75, 3.05) is 24.5 Å². The lowest BCUT2D eigenvalue weighted by atomic mass is 10.2. The van der Waals surface area contributed by atoms with Crippen LogP contribution < -0.4 is 10.2 Å². The Morgan fingerprint density at radius 2 is 1.78 bits per heavy atom. The lowest BCUT2D eigenvalue weighted by Gasteiger charge is -2.33. The largest absolute Gasteiger partial charge is 0.340 e. The van der Waals surface area contributed by atoms with Gasteiger partial charge in [0.05, 0.1) is 11.4 Å². The Morgan fingerprint density at radius 1 is 1.00 bits per heavy atom. The molecule has 0 saturated carbocycles. The smallest absolute Gasteiger partial charge is 0.0567 e. The summed E-state index contributed by atoms with van der Waals surface area (Å²) < 4.78 is 0. The summed E-state index contributed by atoms with van der Waals surface area (Å²) in [5.41, 5.74) is 2.52. The first kappa shape index (κ1) is 16.7. The number of anilines is 2. The van der Waals surface area contributed by atoms with Gasteiger partial charge in [-0.25, -0.2) is 0 Å². The van der Waals surface area contributed by atoms with E-state index in [0.29, 0.717) is 0 Å². The van der Waals surface area contributed by atoms with E-state index < -0.39 is 0 Å². The molecule has 2 nitrogen and oxygen atoms in total. The van der Waals surface area contributed by atoms with Crippen molar-refractivity contribution in [1.29, 1.82) is 0 Å². The maximum absolute atomic E-state index is 6.24.